The molecule has 0 spiro atoms. The Morgan fingerprint density at radius 1 is 1.28 bits per heavy atom. The van der Waals surface area contributed by atoms with Crippen LogP contribution in [0.25, 0.3) is 0 Å². The highest BCUT2D eigenvalue weighted by Gasteiger charge is 2.31. The third-order valence-electron chi connectivity index (χ3n) is 5.04. The van der Waals surface area contributed by atoms with Crippen molar-refractivity contribution >= 4 is 17.7 Å². The van der Waals surface area contributed by atoms with E-state index in [2.05, 4.69) is 21.7 Å². The maximum absolute atomic E-state index is 12.5. The third kappa shape index (κ3) is 3.92. The molecule has 2 aliphatic rings. The fourth-order valence-electron chi connectivity index (χ4n) is 3.23. The molecule has 0 bridgehead atoms. The van der Waals surface area contributed by atoms with Crippen LogP contribution in [-0.2, 0) is 11.3 Å². The number of aromatic nitrogens is 3. The Morgan fingerprint density at radius 2 is 2.08 bits per heavy atom. The second-order valence-electron chi connectivity index (χ2n) is 7.13. The van der Waals surface area contributed by atoms with E-state index in [1.165, 1.54) is 24.6 Å². The number of amides is 1. The Hall–Kier alpha value is -1.76. The monoisotopic (exact) mass is 360 g/mol. The molecule has 0 unspecified atom stereocenters. The van der Waals surface area contributed by atoms with Crippen molar-refractivity contribution in [3.63, 3.8) is 0 Å². The first-order valence-corrected chi connectivity index (χ1v) is 10.1. The van der Waals surface area contributed by atoms with Crippen molar-refractivity contribution in [1.29, 1.82) is 0 Å². The molecule has 0 aromatic carbocycles. The van der Waals surface area contributed by atoms with Gasteiger partial charge in [-0.15, -0.1) is 10.2 Å². The zero-order chi connectivity index (χ0) is 17.2. The molecular formula is C18H24N4O2S. The predicted molar refractivity (Wildman–Crippen MR) is 95.5 cm³/mol. The Bertz CT molecular complexity index is 716. The molecule has 134 valence electrons. The average Bonchev–Trinajstić information content (AvgIpc) is 3.18. The minimum atomic E-state index is 0.206. The largest absolute Gasteiger partial charge is 0.467 e. The number of rotatable bonds is 6. The van der Waals surface area contributed by atoms with E-state index in [9.17, 15) is 4.79 Å². The summed E-state index contributed by atoms with van der Waals surface area (Å²) in [5, 5.41) is 9.55. The van der Waals surface area contributed by atoms with Crippen molar-refractivity contribution in [1.82, 2.24) is 19.7 Å². The van der Waals surface area contributed by atoms with Gasteiger partial charge in [-0.1, -0.05) is 18.7 Å². The van der Waals surface area contributed by atoms with Crippen LogP contribution in [-0.4, -0.2) is 44.4 Å². The van der Waals surface area contributed by atoms with Crippen molar-refractivity contribution in [2.75, 3.05) is 18.8 Å². The summed E-state index contributed by atoms with van der Waals surface area (Å²) in [5.41, 5.74) is 0. The summed E-state index contributed by atoms with van der Waals surface area (Å²) < 4.78 is 7.60. The minimum absolute atomic E-state index is 0.206. The van der Waals surface area contributed by atoms with Crippen LogP contribution < -0.4 is 0 Å². The van der Waals surface area contributed by atoms with Crippen LogP contribution in [0.2, 0.25) is 0 Å². The molecule has 0 radical (unpaired) electrons. The molecule has 4 rings (SSSR count). The van der Waals surface area contributed by atoms with Crippen molar-refractivity contribution in [2.24, 2.45) is 5.92 Å². The lowest BCUT2D eigenvalue weighted by Gasteiger charge is -2.30. The molecule has 2 fully saturated rings. The fraction of sp³-hybridized carbons (Fsp3) is 0.611. The van der Waals surface area contributed by atoms with Crippen LogP contribution >= 0.6 is 11.8 Å². The fourth-order valence-corrected chi connectivity index (χ4v) is 4.08. The van der Waals surface area contributed by atoms with Crippen molar-refractivity contribution in [3.8, 4) is 0 Å². The molecule has 25 heavy (non-hydrogen) atoms. The summed E-state index contributed by atoms with van der Waals surface area (Å²) in [7, 11) is 0. The van der Waals surface area contributed by atoms with Gasteiger partial charge in [0.2, 0.25) is 5.91 Å². The lowest BCUT2D eigenvalue weighted by Crippen LogP contribution is -2.38. The van der Waals surface area contributed by atoms with Crippen LogP contribution in [0, 0.1) is 5.92 Å². The van der Waals surface area contributed by atoms with E-state index in [0.717, 1.165) is 48.6 Å². The molecule has 2 aromatic rings. The van der Waals surface area contributed by atoms with E-state index in [-0.39, 0.29) is 5.91 Å². The van der Waals surface area contributed by atoms with Gasteiger partial charge in [-0.3, -0.25) is 9.36 Å². The second-order valence-corrected chi connectivity index (χ2v) is 8.08. The minimum Gasteiger partial charge on any atom is -0.467 e. The Labute approximate surface area is 152 Å². The number of furan rings is 1. The van der Waals surface area contributed by atoms with Crippen LogP contribution in [0.5, 0.6) is 0 Å². The van der Waals surface area contributed by atoms with E-state index < -0.39 is 0 Å². The number of hydrogen-bond donors (Lipinski definition) is 0. The predicted octanol–water partition coefficient (Wildman–Crippen LogP) is 3.15. The molecule has 1 aliphatic heterocycles. The zero-order valence-electron chi connectivity index (χ0n) is 14.6. The van der Waals surface area contributed by atoms with Gasteiger partial charge < -0.3 is 9.32 Å². The highest BCUT2D eigenvalue weighted by Crippen LogP contribution is 2.40. The molecule has 1 saturated heterocycles. The lowest BCUT2D eigenvalue weighted by molar-refractivity contribution is -0.129. The van der Waals surface area contributed by atoms with E-state index in [0.29, 0.717) is 18.2 Å². The molecule has 0 atom stereocenters. The maximum atomic E-state index is 12.5. The zero-order valence-corrected chi connectivity index (χ0v) is 15.4. The highest BCUT2D eigenvalue weighted by atomic mass is 32.2. The SMILES string of the molecule is CC1CCN(C(=O)CSc2nnc(C3CC3)n2Cc2ccco2)CC1. The van der Waals surface area contributed by atoms with Gasteiger partial charge in [-0.2, -0.15) is 0 Å². The molecule has 1 amide bonds. The highest BCUT2D eigenvalue weighted by molar-refractivity contribution is 7.99. The summed E-state index contributed by atoms with van der Waals surface area (Å²) in [6.07, 6.45) is 6.25. The third-order valence-corrected chi connectivity index (χ3v) is 5.99. The molecule has 1 saturated carbocycles. The number of carbonyl (C=O) groups is 1. The average molecular weight is 360 g/mol. The molecule has 7 heteroatoms. The Morgan fingerprint density at radius 3 is 2.76 bits per heavy atom. The maximum Gasteiger partial charge on any atom is 0.233 e. The number of piperidine rings is 1. The molecule has 0 N–H and O–H groups in total. The molecular weight excluding hydrogens is 336 g/mol. The number of thioether (sulfide) groups is 1. The first-order valence-electron chi connectivity index (χ1n) is 9.06. The molecule has 3 heterocycles. The van der Waals surface area contributed by atoms with Gasteiger partial charge in [0, 0.05) is 19.0 Å². The smallest absolute Gasteiger partial charge is 0.233 e. The van der Waals surface area contributed by atoms with Gasteiger partial charge in [0.05, 0.1) is 18.6 Å². The van der Waals surface area contributed by atoms with Gasteiger partial charge in [0.25, 0.3) is 0 Å². The summed E-state index contributed by atoms with van der Waals surface area (Å²) >= 11 is 1.49. The van der Waals surface area contributed by atoms with Gasteiger partial charge in [0.15, 0.2) is 5.16 Å². The topological polar surface area (TPSA) is 64.2 Å². The Kier molecular flexibility index (Phi) is 4.83. The number of likely N-dealkylation sites (tertiary alicyclic amines) is 1. The van der Waals surface area contributed by atoms with Crippen LogP contribution in [0.3, 0.4) is 0 Å². The summed E-state index contributed by atoms with van der Waals surface area (Å²) in [5.74, 6) is 3.79. The standard InChI is InChI=1S/C18H24N4O2S/c1-13-6-8-21(9-7-13)16(23)12-25-18-20-19-17(14-4-5-14)22(18)11-15-3-2-10-24-15/h2-3,10,13-14H,4-9,11-12H2,1H3. The van der Waals surface area contributed by atoms with Crippen LogP contribution in [0.15, 0.2) is 28.0 Å². The van der Waals surface area contributed by atoms with Gasteiger partial charge in [0.1, 0.15) is 11.6 Å². The first-order chi connectivity index (χ1) is 12.2. The quantitative estimate of drug-likeness (QED) is 0.741. The van der Waals surface area contributed by atoms with E-state index in [1.54, 1.807) is 6.26 Å². The van der Waals surface area contributed by atoms with Crippen LogP contribution in [0.4, 0.5) is 0 Å². The van der Waals surface area contributed by atoms with Crippen molar-refractivity contribution in [3.05, 3.63) is 30.0 Å². The second kappa shape index (κ2) is 7.23. The summed E-state index contributed by atoms with van der Waals surface area (Å²) in [6, 6.07) is 3.86. The van der Waals surface area contributed by atoms with E-state index >= 15 is 0 Å². The lowest BCUT2D eigenvalue weighted by atomic mass is 9.99. The van der Waals surface area contributed by atoms with Gasteiger partial charge in [-0.05, 0) is 43.7 Å². The Balaban J connectivity index is 1.42. The normalized spacial score (nSPS) is 18.7. The van der Waals surface area contributed by atoms with Crippen LogP contribution in [0.1, 0.15) is 50.1 Å². The van der Waals surface area contributed by atoms with E-state index in [4.69, 9.17) is 4.42 Å². The van der Waals surface area contributed by atoms with Crippen molar-refractivity contribution in [2.45, 2.75) is 50.2 Å². The molecule has 2 aromatic heterocycles. The van der Waals surface area contributed by atoms with Gasteiger partial charge in [-0.25, -0.2) is 0 Å². The first kappa shape index (κ1) is 16.7. The van der Waals surface area contributed by atoms with Crippen molar-refractivity contribution < 1.29 is 9.21 Å². The summed E-state index contributed by atoms with van der Waals surface area (Å²) in [6.45, 7) is 4.65. The van der Waals surface area contributed by atoms with E-state index in [1.807, 2.05) is 17.0 Å². The molecule has 1 aliphatic carbocycles. The molecule has 6 nitrogen and oxygen atoms in total. The number of hydrogen-bond acceptors (Lipinski definition) is 5. The van der Waals surface area contributed by atoms with Gasteiger partial charge >= 0.3 is 0 Å². The number of carbonyl (C=O) groups excluding carboxylic acids is 1. The summed E-state index contributed by atoms with van der Waals surface area (Å²) in [4.78, 5) is 14.5. The number of nitrogens with zero attached hydrogens (tertiary/aromatic N) is 4.